The summed E-state index contributed by atoms with van der Waals surface area (Å²) in [4.78, 5) is 12.4. The number of piperidine rings is 1. The van der Waals surface area contributed by atoms with Gasteiger partial charge >= 0.3 is 5.97 Å². The fourth-order valence-corrected chi connectivity index (χ4v) is 1.68. The molecule has 1 aliphatic rings. The van der Waals surface area contributed by atoms with Crippen molar-refractivity contribution in [3.8, 4) is 0 Å². The van der Waals surface area contributed by atoms with Crippen molar-refractivity contribution in [2.75, 3.05) is 19.6 Å². The van der Waals surface area contributed by atoms with Crippen molar-refractivity contribution in [2.45, 2.75) is 25.9 Å². The van der Waals surface area contributed by atoms with Crippen LogP contribution in [0.3, 0.4) is 0 Å². The molecule has 76 valence electrons. The lowest BCUT2D eigenvalue weighted by molar-refractivity contribution is -0.137. The van der Waals surface area contributed by atoms with E-state index in [2.05, 4.69) is 4.90 Å². The number of carboxylic acids is 1. The minimum Gasteiger partial charge on any atom is -0.481 e. The van der Waals surface area contributed by atoms with Crippen LogP contribution in [0.2, 0.25) is 0 Å². The summed E-state index contributed by atoms with van der Waals surface area (Å²) >= 11 is 0. The number of aliphatic hydroxyl groups excluding tert-OH is 1. The number of carboxylic acid groups (broad SMARTS) is 1. The van der Waals surface area contributed by atoms with Crippen LogP contribution in [0.5, 0.6) is 0 Å². The van der Waals surface area contributed by atoms with E-state index in [4.69, 9.17) is 5.11 Å². The standard InChI is InChI=1S/C9H17NO3/c1-7-6-10(4-2-8(7)11)5-3-9(12)13/h7-8,11H,2-6H2,1H3,(H,12,13)/t7-,8+/m1/s1. The normalized spacial score (nSPS) is 30.3. The summed E-state index contributed by atoms with van der Waals surface area (Å²) in [5.74, 6) is -0.485. The van der Waals surface area contributed by atoms with Gasteiger partial charge in [-0.15, -0.1) is 0 Å². The molecule has 1 rings (SSSR count). The number of rotatable bonds is 3. The monoisotopic (exact) mass is 187 g/mol. The molecule has 4 nitrogen and oxygen atoms in total. The molecule has 0 aromatic heterocycles. The van der Waals surface area contributed by atoms with Crippen molar-refractivity contribution in [1.29, 1.82) is 0 Å². The van der Waals surface area contributed by atoms with Gasteiger partial charge in [0.15, 0.2) is 0 Å². The third kappa shape index (κ3) is 3.32. The van der Waals surface area contributed by atoms with Gasteiger partial charge in [-0.25, -0.2) is 0 Å². The fourth-order valence-electron chi connectivity index (χ4n) is 1.68. The van der Waals surface area contributed by atoms with Gasteiger partial charge in [0.2, 0.25) is 0 Å². The van der Waals surface area contributed by atoms with Gasteiger partial charge in [-0.05, 0) is 12.3 Å². The molecule has 0 radical (unpaired) electrons. The second-order valence-electron chi connectivity index (χ2n) is 3.78. The van der Waals surface area contributed by atoms with E-state index in [1.165, 1.54) is 0 Å². The number of likely N-dealkylation sites (tertiary alicyclic amines) is 1. The van der Waals surface area contributed by atoms with Crippen LogP contribution in [0.1, 0.15) is 19.8 Å². The second-order valence-corrected chi connectivity index (χ2v) is 3.78. The molecule has 0 saturated carbocycles. The predicted molar refractivity (Wildman–Crippen MR) is 48.5 cm³/mol. The highest BCUT2D eigenvalue weighted by Gasteiger charge is 2.23. The van der Waals surface area contributed by atoms with Gasteiger partial charge in [0.1, 0.15) is 0 Å². The van der Waals surface area contributed by atoms with Crippen LogP contribution in [0.25, 0.3) is 0 Å². The molecular formula is C9H17NO3. The van der Waals surface area contributed by atoms with Gasteiger partial charge in [0, 0.05) is 19.6 Å². The Kier molecular flexibility index (Phi) is 3.69. The van der Waals surface area contributed by atoms with Crippen molar-refractivity contribution in [1.82, 2.24) is 4.90 Å². The Hall–Kier alpha value is -0.610. The first-order chi connectivity index (χ1) is 6.09. The molecular weight excluding hydrogens is 170 g/mol. The zero-order valence-electron chi connectivity index (χ0n) is 7.94. The minimum atomic E-state index is -0.751. The first kappa shape index (κ1) is 10.5. The summed E-state index contributed by atoms with van der Waals surface area (Å²) < 4.78 is 0. The first-order valence-electron chi connectivity index (χ1n) is 4.72. The van der Waals surface area contributed by atoms with E-state index in [1.54, 1.807) is 0 Å². The highest BCUT2D eigenvalue weighted by atomic mass is 16.4. The third-order valence-corrected chi connectivity index (χ3v) is 2.59. The van der Waals surface area contributed by atoms with Gasteiger partial charge in [-0.2, -0.15) is 0 Å². The predicted octanol–water partition coefficient (Wildman–Crippen LogP) is 0.164. The Morgan fingerprint density at radius 3 is 2.85 bits per heavy atom. The highest BCUT2D eigenvalue weighted by Crippen LogP contribution is 2.16. The van der Waals surface area contributed by atoms with Crippen molar-refractivity contribution in [3.63, 3.8) is 0 Å². The molecule has 1 aliphatic heterocycles. The Morgan fingerprint density at radius 1 is 1.62 bits per heavy atom. The van der Waals surface area contributed by atoms with Crippen LogP contribution in [0, 0.1) is 5.92 Å². The summed E-state index contributed by atoms with van der Waals surface area (Å²) in [6.45, 7) is 4.23. The van der Waals surface area contributed by atoms with Crippen LogP contribution in [-0.2, 0) is 4.79 Å². The van der Waals surface area contributed by atoms with Crippen LogP contribution < -0.4 is 0 Å². The zero-order valence-corrected chi connectivity index (χ0v) is 7.94. The zero-order chi connectivity index (χ0) is 9.84. The summed E-state index contributed by atoms with van der Waals surface area (Å²) in [5, 5.41) is 17.9. The molecule has 0 amide bonds. The average Bonchev–Trinajstić information content (AvgIpc) is 2.07. The SMILES string of the molecule is C[C@@H]1CN(CCC(=O)O)CC[C@@H]1O. The maximum absolute atomic E-state index is 10.3. The van der Waals surface area contributed by atoms with Crippen molar-refractivity contribution in [3.05, 3.63) is 0 Å². The van der Waals surface area contributed by atoms with Crippen LogP contribution in [0.15, 0.2) is 0 Å². The van der Waals surface area contributed by atoms with Crippen LogP contribution in [-0.4, -0.2) is 46.8 Å². The molecule has 2 N–H and O–H groups in total. The van der Waals surface area contributed by atoms with E-state index < -0.39 is 5.97 Å². The molecule has 0 aromatic carbocycles. The van der Waals surface area contributed by atoms with E-state index >= 15 is 0 Å². The second kappa shape index (κ2) is 4.58. The number of aliphatic carboxylic acids is 1. The number of hydrogen-bond donors (Lipinski definition) is 2. The molecule has 1 fully saturated rings. The van der Waals surface area contributed by atoms with Gasteiger partial charge < -0.3 is 15.1 Å². The summed E-state index contributed by atoms with van der Waals surface area (Å²) in [6, 6.07) is 0. The lowest BCUT2D eigenvalue weighted by Gasteiger charge is -2.33. The molecule has 0 unspecified atom stereocenters. The Bertz CT molecular complexity index is 184. The van der Waals surface area contributed by atoms with E-state index in [0.717, 1.165) is 19.5 Å². The number of nitrogens with zero attached hydrogens (tertiary/aromatic N) is 1. The number of carbonyl (C=O) groups is 1. The smallest absolute Gasteiger partial charge is 0.304 e. The Balaban J connectivity index is 2.25. The highest BCUT2D eigenvalue weighted by molar-refractivity contribution is 5.66. The van der Waals surface area contributed by atoms with E-state index in [0.29, 0.717) is 6.54 Å². The third-order valence-electron chi connectivity index (χ3n) is 2.59. The molecule has 0 spiro atoms. The van der Waals surface area contributed by atoms with Crippen LogP contribution in [0.4, 0.5) is 0 Å². The molecule has 1 saturated heterocycles. The molecule has 1 heterocycles. The maximum atomic E-state index is 10.3. The number of hydrogen-bond acceptors (Lipinski definition) is 3. The molecule has 13 heavy (non-hydrogen) atoms. The summed E-state index contributed by atoms with van der Waals surface area (Å²) in [6.07, 6.45) is 0.755. The molecule has 0 aromatic rings. The lowest BCUT2D eigenvalue weighted by atomic mass is 9.97. The van der Waals surface area contributed by atoms with Crippen LogP contribution >= 0.6 is 0 Å². The first-order valence-corrected chi connectivity index (χ1v) is 4.72. The molecule has 0 aliphatic carbocycles. The fraction of sp³-hybridized carbons (Fsp3) is 0.889. The van der Waals surface area contributed by atoms with E-state index in [-0.39, 0.29) is 18.4 Å². The topological polar surface area (TPSA) is 60.8 Å². The van der Waals surface area contributed by atoms with Crippen molar-refractivity contribution >= 4 is 5.97 Å². The van der Waals surface area contributed by atoms with E-state index in [9.17, 15) is 9.90 Å². The summed E-state index contributed by atoms with van der Waals surface area (Å²) in [7, 11) is 0. The Labute approximate surface area is 78.2 Å². The van der Waals surface area contributed by atoms with Gasteiger partial charge in [0.25, 0.3) is 0 Å². The van der Waals surface area contributed by atoms with Crippen molar-refractivity contribution < 1.29 is 15.0 Å². The van der Waals surface area contributed by atoms with Crippen molar-refractivity contribution in [2.24, 2.45) is 5.92 Å². The molecule has 2 atom stereocenters. The average molecular weight is 187 g/mol. The Morgan fingerprint density at radius 2 is 2.31 bits per heavy atom. The minimum absolute atomic E-state index is 0.197. The maximum Gasteiger partial charge on any atom is 0.304 e. The van der Waals surface area contributed by atoms with Gasteiger partial charge in [-0.3, -0.25) is 4.79 Å². The molecule has 0 bridgehead atoms. The van der Waals surface area contributed by atoms with Gasteiger partial charge in [0.05, 0.1) is 12.5 Å². The van der Waals surface area contributed by atoms with E-state index in [1.807, 2.05) is 6.92 Å². The quantitative estimate of drug-likeness (QED) is 0.661. The largest absolute Gasteiger partial charge is 0.481 e. The molecule has 4 heteroatoms. The number of aliphatic hydroxyl groups is 1. The van der Waals surface area contributed by atoms with Gasteiger partial charge in [-0.1, -0.05) is 6.92 Å². The summed E-state index contributed by atoms with van der Waals surface area (Å²) in [5.41, 5.74) is 0. The lowest BCUT2D eigenvalue weighted by Crippen LogP contribution is -2.42.